The zero-order valence-corrected chi connectivity index (χ0v) is 11.8. The van der Waals surface area contributed by atoms with Gasteiger partial charge >= 0.3 is 5.97 Å². The minimum absolute atomic E-state index is 0.0967. The molecule has 0 amide bonds. The molecule has 104 valence electrons. The Morgan fingerprint density at radius 3 is 2.67 bits per heavy atom. The minimum atomic E-state index is -0.565. The van der Waals surface area contributed by atoms with Crippen molar-refractivity contribution >= 4 is 5.97 Å². The highest BCUT2D eigenvalue weighted by atomic mass is 16.7. The van der Waals surface area contributed by atoms with Crippen LogP contribution in [0.15, 0.2) is 0 Å². The second kappa shape index (κ2) is 5.60. The van der Waals surface area contributed by atoms with Crippen LogP contribution < -0.4 is 0 Å². The molecule has 0 radical (unpaired) electrons. The first kappa shape index (κ1) is 13.9. The number of hydrogen-bond donors (Lipinski definition) is 0. The number of esters is 1. The molecule has 1 heterocycles. The lowest BCUT2D eigenvalue weighted by Gasteiger charge is -2.22. The van der Waals surface area contributed by atoms with Gasteiger partial charge in [0.2, 0.25) is 0 Å². The third kappa shape index (κ3) is 2.29. The number of hydrogen-bond acceptors (Lipinski definition) is 3. The molecule has 1 aliphatic carbocycles. The molecule has 2 rings (SSSR count). The molecule has 2 aliphatic rings. The molecule has 2 atom stereocenters. The highest BCUT2D eigenvalue weighted by molar-refractivity contribution is 5.85. The second-order valence-corrected chi connectivity index (χ2v) is 5.68. The second-order valence-electron chi connectivity index (χ2n) is 5.68. The summed E-state index contributed by atoms with van der Waals surface area (Å²) in [4.78, 5) is 12.2. The van der Waals surface area contributed by atoms with Crippen molar-refractivity contribution < 1.29 is 14.3 Å². The average Bonchev–Trinajstić information content (AvgIpc) is 3.09. The van der Waals surface area contributed by atoms with Crippen molar-refractivity contribution in [3.05, 3.63) is 0 Å². The SMILES string of the molecule is CCCCCCOC(=O)C12CCCCC1(CC)O2. The molecule has 3 nitrogen and oxygen atoms in total. The first-order valence-corrected chi connectivity index (χ1v) is 7.58. The molecule has 2 fully saturated rings. The topological polar surface area (TPSA) is 38.8 Å². The normalized spacial score (nSPS) is 33.9. The van der Waals surface area contributed by atoms with E-state index in [0.717, 1.165) is 38.5 Å². The van der Waals surface area contributed by atoms with Crippen LogP contribution in [0, 0.1) is 0 Å². The molecule has 0 bridgehead atoms. The number of fused-ring (bicyclic) bond motifs is 1. The first-order valence-electron chi connectivity index (χ1n) is 7.58. The van der Waals surface area contributed by atoms with Crippen LogP contribution in [0.25, 0.3) is 0 Å². The van der Waals surface area contributed by atoms with Gasteiger partial charge in [0, 0.05) is 0 Å². The Morgan fingerprint density at radius 1 is 1.17 bits per heavy atom. The van der Waals surface area contributed by atoms with Crippen molar-refractivity contribution in [1.82, 2.24) is 0 Å². The Bertz CT molecular complexity index is 302. The molecule has 0 aromatic heterocycles. The number of unbranched alkanes of at least 4 members (excludes halogenated alkanes) is 3. The fourth-order valence-corrected chi connectivity index (χ4v) is 3.30. The van der Waals surface area contributed by atoms with Gasteiger partial charge in [0.1, 0.15) is 5.60 Å². The van der Waals surface area contributed by atoms with Gasteiger partial charge in [-0.3, -0.25) is 0 Å². The van der Waals surface area contributed by atoms with Crippen molar-refractivity contribution in [2.45, 2.75) is 82.8 Å². The van der Waals surface area contributed by atoms with E-state index in [2.05, 4.69) is 13.8 Å². The van der Waals surface area contributed by atoms with Crippen LogP contribution in [0.1, 0.15) is 71.6 Å². The van der Waals surface area contributed by atoms with E-state index in [-0.39, 0.29) is 11.6 Å². The third-order valence-electron chi connectivity index (χ3n) is 4.56. The maximum atomic E-state index is 12.2. The molecule has 0 aromatic carbocycles. The Morgan fingerprint density at radius 2 is 1.94 bits per heavy atom. The van der Waals surface area contributed by atoms with E-state index in [1.165, 1.54) is 19.3 Å². The lowest BCUT2D eigenvalue weighted by atomic mass is 9.78. The van der Waals surface area contributed by atoms with Gasteiger partial charge in [-0.15, -0.1) is 0 Å². The number of rotatable bonds is 7. The Labute approximate surface area is 110 Å². The van der Waals surface area contributed by atoms with Crippen LogP contribution in [0.3, 0.4) is 0 Å². The van der Waals surface area contributed by atoms with E-state index < -0.39 is 5.60 Å². The smallest absolute Gasteiger partial charge is 0.341 e. The van der Waals surface area contributed by atoms with Gasteiger partial charge in [-0.25, -0.2) is 4.79 Å². The maximum Gasteiger partial charge on any atom is 0.341 e. The standard InChI is InChI=1S/C15H26O3/c1-3-5-6-9-12-17-13(16)15-11-8-7-10-14(15,4-2)18-15/h3-12H2,1-2H3. The van der Waals surface area contributed by atoms with Gasteiger partial charge in [-0.1, -0.05) is 39.5 Å². The number of carbonyl (C=O) groups excluding carboxylic acids is 1. The van der Waals surface area contributed by atoms with E-state index in [1.54, 1.807) is 0 Å². The van der Waals surface area contributed by atoms with Crippen LogP contribution >= 0.6 is 0 Å². The van der Waals surface area contributed by atoms with Gasteiger partial charge in [0.15, 0.2) is 5.60 Å². The van der Waals surface area contributed by atoms with Gasteiger partial charge in [-0.2, -0.15) is 0 Å². The summed E-state index contributed by atoms with van der Waals surface area (Å²) in [6.45, 7) is 4.85. The zero-order chi connectivity index (χ0) is 13.1. The Balaban J connectivity index is 1.79. The minimum Gasteiger partial charge on any atom is -0.463 e. The molecular formula is C15H26O3. The molecule has 2 unspecified atom stereocenters. The van der Waals surface area contributed by atoms with E-state index in [9.17, 15) is 4.79 Å². The molecule has 1 aliphatic heterocycles. The Kier molecular flexibility index (Phi) is 4.31. The summed E-state index contributed by atoms with van der Waals surface area (Å²) >= 11 is 0. The van der Waals surface area contributed by atoms with Gasteiger partial charge in [0.25, 0.3) is 0 Å². The predicted octanol–water partition coefficient (Wildman–Crippen LogP) is 3.60. The molecule has 3 heteroatoms. The molecule has 0 N–H and O–H groups in total. The molecular weight excluding hydrogens is 228 g/mol. The highest BCUT2D eigenvalue weighted by Crippen LogP contribution is 2.59. The molecule has 1 saturated heterocycles. The van der Waals surface area contributed by atoms with Crippen LogP contribution in [0.2, 0.25) is 0 Å². The van der Waals surface area contributed by atoms with Crippen molar-refractivity contribution in [3.63, 3.8) is 0 Å². The summed E-state index contributed by atoms with van der Waals surface area (Å²) in [5.74, 6) is -0.0967. The molecule has 18 heavy (non-hydrogen) atoms. The zero-order valence-electron chi connectivity index (χ0n) is 11.8. The summed E-state index contributed by atoms with van der Waals surface area (Å²) in [6, 6.07) is 0. The fraction of sp³-hybridized carbons (Fsp3) is 0.933. The lowest BCUT2D eigenvalue weighted by Crippen LogP contribution is -2.38. The van der Waals surface area contributed by atoms with Gasteiger partial charge < -0.3 is 9.47 Å². The largest absolute Gasteiger partial charge is 0.463 e. The lowest BCUT2D eigenvalue weighted by molar-refractivity contribution is -0.150. The summed E-state index contributed by atoms with van der Waals surface area (Å²) in [7, 11) is 0. The third-order valence-corrected chi connectivity index (χ3v) is 4.56. The average molecular weight is 254 g/mol. The first-order chi connectivity index (χ1) is 8.71. The van der Waals surface area contributed by atoms with E-state index in [1.807, 2.05) is 0 Å². The highest BCUT2D eigenvalue weighted by Gasteiger charge is 2.74. The van der Waals surface area contributed by atoms with Crippen LogP contribution in [-0.2, 0) is 14.3 Å². The molecule has 0 aromatic rings. The van der Waals surface area contributed by atoms with Crippen LogP contribution in [-0.4, -0.2) is 23.8 Å². The van der Waals surface area contributed by atoms with Crippen molar-refractivity contribution in [2.24, 2.45) is 0 Å². The van der Waals surface area contributed by atoms with Gasteiger partial charge in [-0.05, 0) is 32.1 Å². The van der Waals surface area contributed by atoms with Crippen LogP contribution in [0.4, 0.5) is 0 Å². The van der Waals surface area contributed by atoms with Crippen molar-refractivity contribution in [2.75, 3.05) is 6.61 Å². The number of epoxide rings is 1. The number of ether oxygens (including phenoxy) is 2. The fourth-order valence-electron chi connectivity index (χ4n) is 3.30. The summed E-state index contributed by atoms with van der Waals surface area (Å²) in [5, 5.41) is 0. The van der Waals surface area contributed by atoms with E-state index in [0.29, 0.717) is 6.61 Å². The van der Waals surface area contributed by atoms with E-state index >= 15 is 0 Å². The van der Waals surface area contributed by atoms with Crippen molar-refractivity contribution in [1.29, 1.82) is 0 Å². The van der Waals surface area contributed by atoms with Gasteiger partial charge in [0.05, 0.1) is 6.61 Å². The summed E-state index contributed by atoms with van der Waals surface area (Å²) < 4.78 is 11.3. The maximum absolute atomic E-state index is 12.2. The molecule has 1 saturated carbocycles. The predicted molar refractivity (Wildman–Crippen MR) is 70.4 cm³/mol. The molecule has 0 spiro atoms. The van der Waals surface area contributed by atoms with Crippen LogP contribution in [0.5, 0.6) is 0 Å². The van der Waals surface area contributed by atoms with E-state index in [4.69, 9.17) is 9.47 Å². The quantitative estimate of drug-likeness (QED) is 0.396. The summed E-state index contributed by atoms with van der Waals surface area (Å²) in [6.07, 6.45) is 9.64. The van der Waals surface area contributed by atoms with Crippen molar-refractivity contribution in [3.8, 4) is 0 Å². The Hall–Kier alpha value is -0.570. The monoisotopic (exact) mass is 254 g/mol. The number of carbonyl (C=O) groups is 1. The summed E-state index contributed by atoms with van der Waals surface area (Å²) in [5.41, 5.74) is -0.740.